The maximum absolute atomic E-state index is 11.3. The molecule has 0 amide bonds. The fraction of sp³-hybridized carbons (Fsp3) is 0.250. The van der Waals surface area contributed by atoms with Crippen LogP contribution >= 0.6 is 11.3 Å². The summed E-state index contributed by atoms with van der Waals surface area (Å²) in [5, 5.41) is 16.2. The van der Waals surface area contributed by atoms with Crippen molar-refractivity contribution in [3.05, 3.63) is 51.8 Å². The molecule has 3 aromatic heterocycles. The van der Waals surface area contributed by atoms with E-state index in [-0.39, 0.29) is 5.82 Å². The predicted molar refractivity (Wildman–Crippen MR) is 97.3 cm³/mol. The Labute approximate surface area is 146 Å². The first-order valence-electron chi connectivity index (χ1n) is 7.97. The highest BCUT2D eigenvalue weighted by molar-refractivity contribution is 7.15. The van der Waals surface area contributed by atoms with Gasteiger partial charge in [0.05, 0.1) is 11.0 Å². The topological polar surface area (TPSA) is 90.3 Å². The lowest BCUT2D eigenvalue weighted by atomic mass is 10.3. The summed E-state index contributed by atoms with van der Waals surface area (Å²) < 4.78 is 3.66. The van der Waals surface area contributed by atoms with Crippen LogP contribution in [0.25, 0.3) is 16.0 Å². The fourth-order valence-corrected chi connectivity index (χ4v) is 3.74. The van der Waals surface area contributed by atoms with Gasteiger partial charge in [0.1, 0.15) is 12.0 Å². The van der Waals surface area contributed by atoms with Crippen molar-refractivity contribution < 1.29 is 4.92 Å². The molecule has 0 spiro atoms. The number of anilines is 1. The van der Waals surface area contributed by atoms with Gasteiger partial charge in [0.2, 0.25) is 5.82 Å². The second kappa shape index (κ2) is 6.17. The molecule has 0 saturated heterocycles. The molecule has 0 aliphatic heterocycles. The number of rotatable bonds is 6. The molecule has 0 saturated carbocycles. The van der Waals surface area contributed by atoms with E-state index in [1.54, 1.807) is 11.6 Å². The van der Waals surface area contributed by atoms with E-state index in [9.17, 15) is 10.1 Å². The number of fused-ring (bicyclic) bond motifs is 2. The van der Waals surface area contributed by atoms with Crippen molar-refractivity contribution in [1.29, 1.82) is 0 Å². The van der Waals surface area contributed by atoms with Crippen LogP contribution in [0.15, 0.2) is 35.8 Å². The lowest BCUT2D eigenvalue weighted by molar-refractivity contribution is -0.389. The summed E-state index contributed by atoms with van der Waals surface area (Å²) in [6.45, 7) is 3.44. The number of nitrogens with one attached hydrogen (secondary N) is 1. The summed E-state index contributed by atoms with van der Waals surface area (Å²) in [7, 11) is 0. The van der Waals surface area contributed by atoms with E-state index < -0.39 is 4.92 Å². The van der Waals surface area contributed by atoms with Crippen LogP contribution in [0.4, 0.5) is 11.6 Å². The normalized spacial score (nSPS) is 11.4. The summed E-state index contributed by atoms with van der Waals surface area (Å²) in [5.74, 6) is 1.23. The molecule has 3 heterocycles. The van der Waals surface area contributed by atoms with E-state index in [1.807, 2.05) is 18.2 Å². The average molecular weight is 356 g/mol. The van der Waals surface area contributed by atoms with Crippen LogP contribution in [0.5, 0.6) is 0 Å². The van der Waals surface area contributed by atoms with Crippen molar-refractivity contribution in [3.63, 3.8) is 0 Å². The van der Waals surface area contributed by atoms with Gasteiger partial charge < -0.3 is 20.0 Å². The maximum Gasteiger partial charge on any atom is 0.372 e. The van der Waals surface area contributed by atoms with Gasteiger partial charge in [-0.3, -0.25) is 0 Å². The third kappa shape index (κ3) is 2.62. The number of nitrogens with zero attached hydrogens (tertiary/aromatic N) is 5. The zero-order valence-corrected chi connectivity index (χ0v) is 14.4. The summed E-state index contributed by atoms with van der Waals surface area (Å²) in [6, 6.07) is 8.02. The Morgan fingerprint density at radius 1 is 1.32 bits per heavy atom. The Kier molecular flexibility index (Phi) is 3.85. The zero-order chi connectivity index (χ0) is 17.4. The van der Waals surface area contributed by atoms with Crippen molar-refractivity contribution in [3.8, 4) is 0 Å². The molecule has 0 aliphatic carbocycles. The molecule has 0 aliphatic rings. The van der Waals surface area contributed by atoms with Crippen molar-refractivity contribution in [1.82, 2.24) is 18.9 Å². The predicted octanol–water partition coefficient (Wildman–Crippen LogP) is 3.33. The summed E-state index contributed by atoms with van der Waals surface area (Å²) in [5.41, 5.74) is 2.07. The Morgan fingerprint density at radius 3 is 2.96 bits per heavy atom. The number of para-hydroxylation sites is 2. The number of hydrogen-bond donors (Lipinski definition) is 1. The molecule has 0 radical (unpaired) electrons. The lowest BCUT2D eigenvalue weighted by Gasteiger charge is -2.06. The minimum Gasteiger partial charge on any atom is -0.362 e. The molecule has 25 heavy (non-hydrogen) atoms. The number of hydrogen-bond acceptors (Lipinski definition) is 6. The minimum atomic E-state index is -0.406. The lowest BCUT2D eigenvalue weighted by Crippen LogP contribution is -2.11. The van der Waals surface area contributed by atoms with E-state index in [0.29, 0.717) is 23.7 Å². The van der Waals surface area contributed by atoms with Crippen molar-refractivity contribution in [2.45, 2.75) is 19.9 Å². The molecular formula is C16H16N6O2S. The Bertz CT molecular complexity index is 1060. The number of imidazole rings is 2. The van der Waals surface area contributed by atoms with Gasteiger partial charge >= 0.3 is 5.82 Å². The number of aromatic nitrogens is 4. The van der Waals surface area contributed by atoms with Crippen LogP contribution in [-0.2, 0) is 13.0 Å². The Balaban J connectivity index is 1.56. The fourth-order valence-electron chi connectivity index (χ4n) is 3.03. The highest BCUT2D eigenvalue weighted by Crippen LogP contribution is 2.28. The number of benzene rings is 1. The quantitative estimate of drug-likeness (QED) is 0.423. The molecular weight excluding hydrogens is 340 g/mol. The molecule has 0 bridgehead atoms. The van der Waals surface area contributed by atoms with Gasteiger partial charge in [0.25, 0.3) is 4.96 Å². The van der Waals surface area contributed by atoms with Crippen LogP contribution in [0.2, 0.25) is 0 Å². The third-order valence-corrected chi connectivity index (χ3v) is 4.86. The van der Waals surface area contributed by atoms with Crippen LogP contribution < -0.4 is 5.32 Å². The van der Waals surface area contributed by atoms with Crippen molar-refractivity contribution in [2.75, 3.05) is 11.9 Å². The number of aryl methyl sites for hydroxylation is 1. The largest absolute Gasteiger partial charge is 0.372 e. The highest BCUT2D eigenvalue weighted by atomic mass is 32.1. The van der Waals surface area contributed by atoms with E-state index >= 15 is 0 Å². The molecule has 8 nitrogen and oxygen atoms in total. The number of thiazole rings is 1. The molecule has 0 fully saturated rings. The van der Waals surface area contributed by atoms with Gasteiger partial charge in [0.15, 0.2) is 0 Å². The standard InChI is InChI=1S/C16H16N6O2S/c1-2-20-12-6-4-3-5-11(12)18-13(20)7-8-17-14-15(22(23)24)21-9-10-25-16(21)19-14/h3-6,9-10,17H,2,7-8H2,1H3. The summed E-state index contributed by atoms with van der Waals surface area (Å²) in [4.78, 5) is 20.5. The van der Waals surface area contributed by atoms with E-state index in [2.05, 4.69) is 32.8 Å². The van der Waals surface area contributed by atoms with Gasteiger partial charge in [-0.1, -0.05) is 23.5 Å². The highest BCUT2D eigenvalue weighted by Gasteiger charge is 2.23. The molecule has 1 aromatic carbocycles. The van der Waals surface area contributed by atoms with Crippen LogP contribution in [0.1, 0.15) is 12.7 Å². The smallest absolute Gasteiger partial charge is 0.362 e. The van der Waals surface area contributed by atoms with Crippen LogP contribution in [-0.4, -0.2) is 30.4 Å². The monoisotopic (exact) mass is 356 g/mol. The number of nitro groups is 1. The first-order chi connectivity index (χ1) is 12.2. The molecule has 128 valence electrons. The third-order valence-electron chi connectivity index (χ3n) is 4.10. The van der Waals surface area contributed by atoms with E-state index in [1.165, 1.54) is 15.7 Å². The average Bonchev–Trinajstić information content (AvgIpc) is 3.25. The van der Waals surface area contributed by atoms with Crippen molar-refractivity contribution >= 4 is 39.0 Å². The molecule has 9 heteroatoms. The van der Waals surface area contributed by atoms with Gasteiger partial charge in [0, 0.05) is 24.9 Å². The SMILES string of the molecule is CCn1c(CCNc2nc3sccn3c2[N+](=O)[O-])nc2ccccc21. The van der Waals surface area contributed by atoms with Gasteiger partial charge in [-0.25, -0.2) is 4.98 Å². The molecule has 0 atom stereocenters. The van der Waals surface area contributed by atoms with Gasteiger partial charge in [-0.05, 0) is 24.0 Å². The van der Waals surface area contributed by atoms with E-state index in [4.69, 9.17) is 0 Å². The summed E-state index contributed by atoms with van der Waals surface area (Å²) >= 11 is 1.37. The second-order valence-electron chi connectivity index (χ2n) is 5.53. The Morgan fingerprint density at radius 2 is 2.16 bits per heavy atom. The van der Waals surface area contributed by atoms with Crippen LogP contribution in [0.3, 0.4) is 0 Å². The van der Waals surface area contributed by atoms with E-state index in [0.717, 1.165) is 23.4 Å². The second-order valence-corrected chi connectivity index (χ2v) is 6.41. The molecule has 1 N–H and O–H groups in total. The molecule has 4 rings (SSSR count). The maximum atomic E-state index is 11.3. The summed E-state index contributed by atoms with van der Waals surface area (Å²) in [6.07, 6.45) is 2.32. The van der Waals surface area contributed by atoms with Crippen LogP contribution in [0, 0.1) is 10.1 Å². The first-order valence-corrected chi connectivity index (χ1v) is 8.85. The molecule has 0 unspecified atom stereocenters. The van der Waals surface area contributed by atoms with Gasteiger partial charge in [-0.15, -0.1) is 0 Å². The molecule has 4 aromatic rings. The van der Waals surface area contributed by atoms with Crippen molar-refractivity contribution in [2.24, 2.45) is 0 Å². The Hall–Kier alpha value is -2.94. The zero-order valence-electron chi connectivity index (χ0n) is 13.5. The van der Waals surface area contributed by atoms with Gasteiger partial charge in [-0.2, -0.15) is 9.38 Å². The first kappa shape index (κ1) is 15.6. The minimum absolute atomic E-state index is 0.0276.